The Morgan fingerprint density at radius 3 is 2.81 bits per heavy atom. The minimum atomic E-state index is -0.115. The molecule has 1 heterocycles. The van der Waals surface area contributed by atoms with E-state index in [0.29, 0.717) is 12.5 Å². The topological polar surface area (TPSA) is 43.8 Å². The molecular formula is C17H26N2O2. The number of nitrogens with zero attached hydrogens (tertiary/aromatic N) is 2. The Morgan fingerprint density at radius 1 is 1.48 bits per heavy atom. The molecule has 1 aliphatic rings. The van der Waals surface area contributed by atoms with Crippen LogP contribution in [0.2, 0.25) is 0 Å². The fraction of sp³-hybridized carbons (Fsp3) is 0.588. The molecule has 0 spiro atoms. The second-order valence-corrected chi connectivity index (χ2v) is 6.13. The van der Waals surface area contributed by atoms with E-state index in [-0.39, 0.29) is 18.6 Å². The SMILES string of the molecule is Cc1ccccc1CN(C)C(=O)C(C)N1CCC(CO)C1. The van der Waals surface area contributed by atoms with Gasteiger partial charge in [0.15, 0.2) is 0 Å². The minimum absolute atomic E-state index is 0.115. The maximum atomic E-state index is 12.6. The molecule has 0 radical (unpaired) electrons. The zero-order valence-corrected chi connectivity index (χ0v) is 13.2. The maximum absolute atomic E-state index is 12.6. The molecule has 1 amide bonds. The van der Waals surface area contributed by atoms with E-state index in [1.165, 1.54) is 11.1 Å². The predicted octanol–water partition coefficient (Wildman–Crippen LogP) is 1.66. The molecule has 2 atom stereocenters. The Kier molecular flexibility index (Phi) is 5.37. The normalized spacial score (nSPS) is 20.5. The Hall–Kier alpha value is -1.39. The monoisotopic (exact) mass is 290 g/mol. The third kappa shape index (κ3) is 3.83. The van der Waals surface area contributed by atoms with Crippen molar-refractivity contribution in [2.24, 2.45) is 5.92 Å². The molecule has 0 bridgehead atoms. The van der Waals surface area contributed by atoms with Crippen molar-refractivity contribution in [3.63, 3.8) is 0 Å². The van der Waals surface area contributed by atoms with E-state index in [2.05, 4.69) is 24.0 Å². The first-order valence-electron chi connectivity index (χ1n) is 7.67. The van der Waals surface area contributed by atoms with Crippen LogP contribution in [-0.2, 0) is 11.3 Å². The van der Waals surface area contributed by atoms with Crippen LogP contribution in [0.4, 0.5) is 0 Å². The number of likely N-dealkylation sites (tertiary alicyclic amines) is 1. The van der Waals surface area contributed by atoms with Crippen LogP contribution in [0.25, 0.3) is 0 Å². The number of aryl methyl sites for hydroxylation is 1. The van der Waals surface area contributed by atoms with Crippen LogP contribution in [0.15, 0.2) is 24.3 Å². The number of hydrogen-bond donors (Lipinski definition) is 1. The standard InChI is InChI=1S/C17H26N2O2/c1-13-6-4-5-7-16(13)11-18(3)17(21)14(2)19-9-8-15(10-19)12-20/h4-7,14-15,20H,8-12H2,1-3H3. The summed E-state index contributed by atoms with van der Waals surface area (Å²) in [6, 6.07) is 8.06. The lowest BCUT2D eigenvalue weighted by Gasteiger charge is -2.28. The zero-order valence-electron chi connectivity index (χ0n) is 13.2. The first kappa shape index (κ1) is 16.0. The van der Waals surface area contributed by atoms with Gasteiger partial charge < -0.3 is 10.0 Å². The van der Waals surface area contributed by atoms with E-state index >= 15 is 0 Å². The van der Waals surface area contributed by atoms with Crippen LogP contribution in [0.5, 0.6) is 0 Å². The van der Waals surface area contributed by atoms with Gasteiger partial charge in [-0.25, -0.2) is 0 Å². The summed E-state index contributed by atoms with van der Waals surface area (Å²) in [5.41, 5.74) is 2.40. The lowest BCUT2D eigenvalue weighted by atomic mass is 10.1. The molecule has 2 unspecified atom stereocenters. The molecule has 1 fully saturated rings. The molecular weight excluding hydrogens is 264 g/mol. The van der Waals surface area contributed by atoms with Crippen molar-refractivity contribution in [2.75, 3.05) is 26.7 Å². The van der Waals surface area contributed by atoms with Gasteiger partial charge in [-0.05, 0) is 43.9 Å². The molecule has 1 N–H and O–H groups in total. The van der Waals surface area contributed by atoms with Crippen LogP contribution in [0.3, 0.4) is 0 Å². The summed E-state index contributed by atoms with van der Waals surface area (Å²) in [4.78, 5) is 16.5. The number of aliphatic hydroxyl groups excluding tert-OH is 1. The van der Waals surface area contributed by atoms with Crippen LogP contribution in [0.1, 0.15) is 24.5 Å². The van der Waals surface area contributed by atoms with Gasteiger partial charge in [0.25, 0.3) is 0 Å². The van der Waals surface area contributed by atoms with Crippen LogP contribution >= 0.6 is 0 Å². The molecule has 4 heteroatoms. The third-order valence-corrected chi connectivity index (χ3v) is 4.53. The fourth-order valence-corrected chi connectivity index (χ4v) is 2.96. The predicted molar refractivity (Wildman–Crippen MR) is 83.9 cm³/mol. The van der Waals surface area contributed by atoms with Gasteiger partial charge >= 0.3 is 0 Å². The fourth-order valence-electron chi connectivity index (χ4n) is 2.96. The van der Waals surface area contributed by atoms with E-state index in [9.17, 15) is 9.90 Å². The second-order valence-electron chi connectivity index (χ2n) is 6.13. The number of amides is 1. The molecule has 0 aliphatic carbocycles. The lowest BCUT2D eigenvalue weighted by molar-refractivity contribution is -0.135. The molecule has 0 aromatic heterocycles. The highest BCUT2D eigenvalue weighted by Crippen LogP contribution is 2.19. The first-order chi connectivity index (χ1) is 10.0. The number of carbonyl (C=O) groups is 1. The first-order valence-corrected chi connectivity index (χ1v) is 7.67. The Morgan fingerprint density at radius 2 is 2.19 bits per heavy atom. The van der Waals surface area contributed by atoms with E-state index < -0.39 is 0 Å². The smallest absolute Gasteiger partial charge is 0.239 e. The largest absolute Gasteiger partial charge is 0.396 e. The van der Waals surface area contributed by atoms with Gasteiger partial charge in [-0.1, -0.05) is 24.3 Å². The molecule has 4 nitrogen and oxygen atoms in total. The lowest BCUT2D eigenvalue weighted by Crippen LogP contribution is -2.44. The van der Waals surface area contributed by atoms with Crippen molar-refractivity contribution < 1.29 is 9.90 Å². The third-order valence-electron chi connectivity index (χ3n) is 4.53. The summed E-state index contributed by atoms with van der Waals surface area (Å²) >= 11 is 0. The summed E-state index contributed by atoms with van der Waals surface area (Å²) in [7, 11) is 1.87. The molecule has 0 saturated carbocycles. The Bertz CT molecular complexity index is 489. The highest BCUT2D eigenvalue weighted by molar-refractivity contribution is 5.81. The number of likely N-dealkylation sites (N-methyl/N-ethyl adjacent to an activating group) is 1. The van der Waals surface area contributed by atoms with Crippen LogP contribution < -0.4 is 0 Å². The van der Waals surface area contributed by atoms with Crippen molar-refractivity contribution >= 4 is 5.91 Å². The van der Waals surface area contributed by atoms with Gasteiger partial charge in [-0.2, -0.15) is 0 Å². The highest BCUT2D eigenvalue weighted by atomic mass is 16.3. The second kappa shape index (κ2) is 7.05. The highest BCUT2D eigenvalue weighted by Gasteiger charge is 2.30. The molecule has 1 aliphatic heterocycles. The number of hydrogen-bond acceptors (Lipinski definition) is 3. The van der Waals surface area contributed by atoms with Crippen molar-refractivity contribution in [2.45, 2.75) is 32.9 Å². The number of carbonyl (C=O) groups excluding carboxylic acids is 1. The molecule has 1 aromatic carbocycles. The van der Waals surface area contributed by atoms with Gasteiger partial charge in [-0.3, -0.25) is 9.69 Å². The van der Waals surface area contributed by atoms with E-state index in [0.717, 1.165) is 19.5 Å². The van der Waals surface area contributed by atoms with Gasteiger partial charge in [0, 0.05) is 26.7 Å². The van der Waals surface area contributed by atoms with Gasteiger partial charge in [0.05, 0.1) is 6.04 Å². The Labute approximate surface area is 127 Å². The van der Waals surface area contributed by atoms with Crippen molar-refractivity contribution in [3.05, 3.63) is 35.4 Å². The number of rotatable bonds is 5. The maximum Gasteiger partial charge on any atom is 0.239 e. The van der Waals surface area contributed by atoms with Crippen LogP contribution in [-0.4, -0.2) is 53.6 Å². The van der Waals surface area contributed by atoms with E-state index in [1.54, 1.807) is 4.90 Å². The molecule has 21 heavy (non-hydrogen) atoms. The summed E-state index contributed by atoms with van der Waals surface area (Å²) in [5.74, 6) is 0.471. The summed E-state index contributed by atoms with van der Waals surface area (Å²) in [6.07, 6.45) is 0.982. The van der Waals surface area contributed by atoms with E-state index in [1.807, 2.05) is 26.1 Å². The molecule has 2 rings (SSSR count). The van der Waals surface area contributed by atoms with Crippen molar-refractivity contribution in [3.8, 4) is 0 Å². The van der Waals surface area contributed by atoms with Gasteiger partial charge in [0.1, 0.15) is 0 Å². The number of benzene rings is 1. The van der Waals surface area contributed by atoms with Crippen LogP contribution in [0, 0.1) is 12.8 Å². The van der Waals surface area contributed by atoms with Crippen molar-refractivity contribution in [1.82, 2.24) is 9.80 Å². The van der Waals surface area contributed by atoms with Gasteiger partial charge in [-0.15, -0.1) is 0 Å². The molecule has 1 saturated heterocycles. The van der Waals surface area contributed by atoms with E-state index in [4.69, 9.17) is 0 Å². The molecule has 1 aromatic rings. The van der Waals surface area contributed by atoms with Crippen molar-refractivity contribution in [1.29, 1.82) is 0 Å². The zero-order chi connectivity index (χ0) is 15.4. The Balaban J connectivity index is 1.94. The summed E-state index contributed by atoms with van der Waals surface area (Å²) < 4.78 is 0. The average Bonchev–Trinajstić information content (AvgIpc) is 2.97. The summed E-state index contributed by atoms with van der Waals surface area (Å²) in [6.45, 7) is 6.63. The molecule has 116 valence electrons. The quantitative estimate of drug-likeness (QED) is 0.897. The number of aliphatic hydroxyl groups is 1. The summed E-state index contributed by atoms with van der Waals surface area (Å²) in [5, 5.41) is 9.22. The average molecular weight is 290 g/mol. The minimum Gasteiger partial charge on any atom is -0.396 e. The van der Waals surface area contributed by atoms with Gasteiger partial charge in [0.2, 0.25) is 5.91 Å².